The van der Waals surface area contributed by atoms with Gasteiger partial charge in [-0.25, -0.2) is 10.2 Å². The van der Waals surface area contributed by atoms with E-state index in [4.69, 9.17) is 24.1 Å². The smallest absolute Gasteiger partial charge is 0.348 e. The van der Waals surface area contributed by atoms with Crippen LogP contribution in [-0.4, -0.2) is 51.8 Å². The fraction of sp³-hybridized carbons (Fsp3) is 0.500. The number of hydrogen-bond acceptors (Lipinski definition) is 8. The van der Waals surface area contributed by atoms with Crippen LogP contribution in [0.15, 0.2) is 33.7 Å². The molecule has 140 valence electrons. The van der Waals surface area contributed by atoms with E-state index in [0.29, 0.717) is 5.82 Å². The highest BCUT2D eigenvalue weighted by atomic mass is 31.2. The number of aromatic amines is 1. The van der Waals surface area contributed by atoms with Crippen molar-refractivity contribution in [3.05, 3.63) is 45.0 Å². The number of nitrogens with zero attached hydrogens (tertiary/aromatic N) is 1. The van der Waals surface area contributed by atoms with Crippen LogP contribution in [-0.2, 0) is 18.9 Å². The minimum atomic E-state index is -4.42. The van der Waals surface area contributed by atoms with Gasteiger partial charge in [0, 0.05) is 32.2 Å². The predicted molar refractivity (Wildman–Crippen MR) is 84.3 cm³/mol. The summed E-state index contributed by atoms with van der Waals surface area (Å²) in [6, 6.07) is 1.14. The standard InChI is InChI=1S/C12H19N4O8P/c1-13-15-24-9-7(4-6-25(19,20)21)23-11(10(9)22-2)16-5-3-8(17)14-12(16)18/h3-7,9-11,13,15H,1-2H3,(H,14,17,18)(H2,19,20,21)/b6-4+/t7-,9?,10?,11-/m1/s1. The minimum absolute atomic E-state index is 0.573. The van der Waals surface area contributed by atoms with Crippen LogP contribution in [0, 0.1) is 0 Å². The lowest BCUT2D eigenvalue weighted by molar-refractivity contribution is -0.106. The second-order valence-corrected chi connectivity index (χ2v) is 6.55. The second kappa shape index (κ2) is 8.17. The number of nitrogens with one attached hydrogen (secondary N) is 3. The van der Waals surface area contributed by atoms with Gasteiger partial charge in [0.05, 0.1) is 0 Å². The third kappa shape index (κ3) is 4.93. The molecule has 0 saturated carbocycles. The number of ether oxygens (including phenoxy) is 2. The molecule has 1 saturated heterocycles. The zero-order valence-corrected chi connectivity index (χ0v) is 14.3. The van der Waals surface area contributed by atoms with Crippen molar-refractivity contribution in [2.45, 2.75) is 24.5 Å². The maximum Gasteiger partial charge on any atom is 0.348 e. The maximum absolute atomic E-state index is 12.0. The molecule has 13 heteroatoms. The van der Waals surface area contributed by atoms with Crippen molar-refractivity contribution in [1.29, 1.82) is 0 Å². The molecule has 0 bridgehead atoms. The highest BCUT2D eigenvalue weighted by molar-refractivity contribution is 7.55. The normalized spacial score (nSPS) is 27.2. The van der Waals surface area contributed by atoms with Crippen LogP contribution in [0.3, 0.4) is 0 Å². The first-order valence-corrected chi connectivity index (χ1v) is 8.76. The van der Waals surface area contributed by atoms with Crippen molar-refractivity contribution in [2.75, 3.05) is 14.2 Å². The SMILES string of the molecule is CNNOC1C(OC)[C@H](n2ccc(=O)[nH]c2=O)O[C@@H]1/C=C/P(=O)(O)O. The fourth-order valence-electron chi connectivity index (χ4n) is 2.38. The molecule has 2 unspecified atom stereocenters. The lowest BCUT2D eigenvalue weighted by Gasteiger charge is -2.22. The van der Waals surface area contributed by atoms with E-state index in [0.717, 1.165) is 16.7 Å². The lowest BCUT2D eigenvalue weighted by Crippen LogP contribution is -2.43. The van der Waals surface area contributed by atoms with Gasteiger partial charge in [-0.3, -0.25) is 23.7 Å². The molecule has 12 nitrogen and oxygen atoms in total. The molecule has 1 aliphatic heterocycles. The number of aromatic nitrogens is 2. The molecule has 1 aromatic rings. The summed E-state index contributed by atoms with van der Waals surface area (Å²) in [6.45, 7) is 0. The quantitative estimate of drug-likeness (QED) is 0.269. The van der Waals surface area contributed by atoms with Gasteiger partial charge < -0.3 is 19.3 Å². The number of methoxy groups -OCH3 is 1. The Balaban J connectivity index is 2.37. The Hall–Kier alpha value is -1.63. The van der Waals surface area contributed by atoms with Gasteiger partial charge in [-0.05, 0) is 6.08 Å². The Morgan fingerprint density at radius 1 is 1.40 bits per heavy atom. The van der Waals surface area contributed by atoms with Crippen LogP contribution in [0.1, 0.15) is 6.23 Å². The van der Waals surface area contributed by atoms with Gasteiger partial charge in [0.2, 0.25) is 0 Å². The topological polar surface area (TPSA) is 164 Å². The summed E-state index contributed by atoms with van der Waals surface area (Å²) in [6.07, 6.45) is -1.26. The van der Waals surface area contributed by atoms with E-state index in [1.54, 1.807) is 7.05 Å². The molecule has 0 aliphatic carbocycles. The van der Waals surface area contributed by atoms with Crippen LogP contribution >= 0.6 is 7.60 Å². The largest absolute Gasteiger partial charge is 0.374 e. The number of rotatable bonds is 7. The third-order valence-electron chi connectivity index (χ3n) is 3.39. The average Bonchev–Trinajstić information content (AvgIpc) is 2.87. The molecule has 2 rings (SSSR count). The van der Waals surface area contributed by atoms with Crippen molar-refractivity contribution in [3.63, 3.8) is 0 Å². The Labute approximate surface area is 141 Å². The van der Waals surface area contributed by atoms with E-state index >= 15 is 0 Å². The Morgan fingerprint density at radius 2 is 2.12 bits per heavy atom. The van der Waals surface area contributed by atoms with Crippen LogP contribution < -0.4 is 22.3 Å². The molecule has 2 heterocycles. The van der Waals surface area contributed by atoms with Gasteiger partial charge in [0.15, 0.2) is 6.23 Å². The molecule has 4 atom stereocenters. The van der Waals surface area contributed by atoms with Gasteiger partial charge in [-0.15, -0.1) is 5.59 Å². The first-order valence-electron chi connectivity index (χ1n) is 7.08. The van der Waals surface area contributed by atoms with E-state index in [1.165, 1.54) is 13.3 Å². The fourth-order valence-corrected chi connectivity index (χ4v) is 2.77. The van der Waals surface area contributed by atoms with Gasteiger partial charge in [-0.2, -0.15) is 0 Å². The summed E-state index contributed by atoms with van der Waals surface area (Å²) in [5.41, 5.74) is 3.63. The number of H-pyrrole nitrogens is 1. The van der Waals surface area contributed by atoms with E-state index < -0.39 is 43.4 Å². The first kappa shape index (κ1) is 19.7. The molecule has 1 aliphatic rings. The van der Waals surface area contributed by atoms with Gasteiger partial charge in [0.25, 0.3) is 5.56 Å². The maximum atomic E-state index is 12.0. The summed E-state index contributed by atoms with van der Waals surface area (Å²) in [5, 5.41) is 0. The van der Waals surface area contributed by atoms with Crippen molar-refractivity contribution >= 4 is 7.60 Å². The van der Waals surface area contributed by atoms with Crippen molar-refractivity contribution in [3.8, 4) is 0 Å². The summed E-state index contributed by atoms with van der Waals surface area (Å²) in [5.74, 6) is 0.679. The molecule has 5 N–H and O–H groups in total. The summed E-state index contributed by atoms with van der Waals surface area (Å²) >= 11 is 0. The van der Waals surface area contributed by atoms with Gasteiger partial charge in [0.1, 0.15) is 18.3 Å². The molecule has 25 heavy (non-hydrogen) atoms. The average molecular weight is 378 g/mol. The molecular weight excluding hydrogens is 359 g/mol. The molecule has 1 aromatic heterocycles. The van der Waals surface area contributed by atoms with Crippen molar-refractivity contribution < 1.29 is 28.7 Å². The Morgan fingerprint density at radius 3 is 2.68 bits per heavy atom. The minimum Gasteiger partial charge on any atom is -0.374 e. The molecule has 0 radical (unpaired) electrons. The molecule has 0 amide bonds. The zero-order valence-electron chi connectivity index (χ0n) is 13.4. The van der Waals surface area contributed by atoms with Crippen LogP contribution in [0.2, 0.25) is 0 Å². The highest BCUT2D eigenvalue weighted by Gasteiger charge is 2.46. The van der Waals surface area contributed by atoms with Crippen LogP contribution in [0.4, 0.5) is 0 Å². The Kier molecular flexibility index (Phi) is 6.43. The van der Waals surface area contributed by atoms with E-state index in [-0.39, 0.29) is 0 Å². The first-order chi connectivity index (χ1) is 11.8. The zero-order chi connectivity index (χ0) is 18.6. The molecule has 0 aromatic carbocycles. The summed E-state index contributed by atoms with van der Waals surface area (Å²) < 4.78 is 23.2. The van der Waals surface area contributed by atoms with Crippen molar-refractivity contribution in [1.82, 2.24) is 20.6 Å². The van der Waals surface area contributed by atoms with E-state index in [2.05, 4.69) is 16.0 Å². The third-order valence-corrected chi connectivity index (χ3v) is 3.95. The summed E-state index contributed by atoms with van der Waals surface area (Å²) in [4.78, 5) is 48.6. The van der Waals surface area contributed by atoms with E-state index in [9.17, 15) is 14.2 Å². The lowest BCUT2D eigenvalue weighted by atomic mass is 10.1. The molecule has 0 spiro atoms. The molecular formula is C12H19N4O8P. The van der Waals surface area contributed by atoms with Crippen molar-refractivity contribution in [2.24, 2.45) is 0 Å². The molecule has 1 fully saturated rings. The van der Waals surface area contributed by atoms with Gasteiger partial charge in [-0.1, -0.05) is 0 Å². The monoisotopic (exact) mass is 378 g/mol. The van der Waals surface area contributed by atoms with Crippen LogP contribution in [0.5, 0.6) is 0 Å². The second-order valence-electron chi connectivity index (χ2n) is 5.07. The van der Waals surface area contributed by atoms with Crippen LogP contribution in [0.25, 0.3) is 0 Å². The Bertz CT molecular complexity index is 771. The number of hydrazine groups is 1. The highest BCUT2D eigenvalue weighted by Crippen LogP contribution is 2.39. The summed E-state index contributed by atoms with van der Waals surface area (Å²) in [7, 11) is -1.51. The number of hydrogen-bond donors (Lipinski definition) is 5. The van der Waals surface area contributed by atoms with E-state index in [1.807, 2.05) is 0 Å². The predicted octanol–water partition coefficient (Wildman–Crippen LogP) is -1.84. The van der Waals surface area contributed by atoms with Gasteiger partial charge >= 0.3 is 13.3 Å².